The molecule has 152 valence electrons. The largest absolute Gasteiger partial charge is 0.355 e. The van der Waals surface area contributed by atoms with E-state index in [9.17, 15) is 14.9 Å². The maximum Gasteiger partial charge on any atom is 0.282 e. The number of anilines is 2. The molecule has 30 heavy (non-hydrogen) atoms. The Morgan fingerprint density at radius 3 is 2.50 bits per heavy atom. The Bertz CT molecular complexity index is 1060. The molecule has 1 N–H and O–H groups in total. The molecule has 0 aliphatic carbocycles. The van der Waals surface area contributed by atoms with Gasteiger partial charge >= 0.3 is 0 Å². The molecule has 2 heterocycles. The van der Waals surface area contributed by atoms with Crippen LogP contribution >= 0.6 is 0 Å². The van der Waals surface area contributed by atoms with Gasteiger partial charge in [0.2, 0.25) is 0 Å². The lowest BCUT2D eigenvalue weighted by molar-refractivity contribution is -0.385. The Hall–Kier alpha value is -3.81. The van der Waals surface area contributed by atoms with Gasteiger partial charge in [-0.2, -0.15) is 0 Å². The second-order valence-corrected chi connectivity index (χ2v) is 7.13. The molecule has 3 aromatic rings. The van der Waals surface area contributed by atoms with Gasteiger partial charge in [-0.3, -0.25) is 14.9 Å². The molecule has 0 atom stereocenters. The molecule has 4 rings (SSSR count). The van der Waals surface area contributed by atoms with E-state index >= 15 is 0 Å². The van der Waals surface area contributed by atoms with Crippen molar-refractivity contribution in [2.24, 2.45) is 0 Å². The zero-order valence-corrected chi connectivity index (χ0v) is 16.3. The lowest BCUT2D eigenvalue weighted by atomic mass is 10.1. The van der Waals surface area contributed by atoms with Crippen molar-refractivity contribution in [2.45, 2.75) is 19.3 Å². The molecule has 1 saturated heterocycles. The van der Waals surface area contributed by atoms with Crippen LogP contribution in [-0.4, -0.2) is 34.1 Å². The summed E-state index contributed by atoms with van der Waals surface area (Å²) < 4.78 is 0. The van der Waals surface area contributed by atoms with E-state index in [-0.39, 0.29) is 11.3 Å². The van der Waals surface area contributed by atoms with E-state index in [2.05, 4.69) is 20.4 Å². The van der Waals surface area contributed by atoms with E-state index in [0.717, 1.165) is 24.5 Å². The highest BCUT2D eigenvalue weighted by molar-refractivity contribution is 6.07. The number of nitrogens with one attached hydrogen (secondary N) is 1. The third kappa shape index (κ3) is 4.27. The van der Waals surface area contributed by atoms with Gasteiger partial charge in [0, 0.05) is 30.4 Å². The third-order valence-corrected chi connectivity index (χ3v) is 5.09. The first-order valence-corrected chi connectivity index (χ1v) is 9.86. The number of carbonyl (C=O) groups excluding carboxylic acids is 1. The van der Waals surface area contributed by atoms with E-state index in [4.69, 9.17) is 0 Å². The van der Waals surface area contributed by atoms with Crippen LogP contribution < -0.4 is 10.2 Å². The maximum absolute atomic E-state index is 12.6. The average molecular weight is 403 g/mol. The molecule has 0 spiro atoms. The number of hydrogen-bond acceptors (Lipinski definition) is 6. The summed E-state index contributed by atoms with van der Waals surface area (Å²) in [5.74, 6) is 0.338. The predicted octanol–water partition coefficient (Wildman–Crippen LogP) is 4.29. The second-order valence-electron chi connectivity index (χ2n) is 7.13. The summed E-state index contributed by atoms with van der Waals surface area (Å²) in [6.45, 7) is 2.00. The predicted molar refractivity (Wildman–Crippen MR) is 115 cm³/mol. The van der Waals surface area contributed by atoms with Gasteiger partial charge in [0.1, 0.15) is 5.56 Å². The van der Waals surface area contributed by atoms with Crippen LogP contribution in [0.2, 0.25) is 0 Å². The smallest absolute Gasteiger partial charge is 0.282 e. The van der Waals surface area contributed by atoms with Crippen LogP contribution in [0.15, 0.2) is 60.7 Å². The molecule has 1 aromatic heterocycles. The van der Waals surface area contributed by atoms with Crippen molar-refractivity contribution in [2.75, 3.05) is 23.3 Å². The zero-order valence-electron chi connectivity index (χ0n) is 16.3. The minimum Gasteiger partial charge on any atom is -0.355 e. The SMILES string of the molecule is O=C(Nc1cccc(-c2ccc(N3CCCCC3)nn2)c1)c1ccccc1[N+](=O)[O-]. The normalized spacial score (nSPS) is 13.7. The number of amides is 1. The summed E-state index contributed by atoms with van der Waals surface area (Å²) in [5, 5.41) is 22.6. The van der Waals surface area contributed by atoms with Crippen LogP contribution in [0, 0.1) is 10.1 Å². The van der Waals surface area contributed by atoms with Crippen molar-refractivity contribution in [1.29, 1.82) is 0 Å². The minimum atomic E-state index is -0.565. The highest BCUT2D eigenvalue weighted by Crippen LogP contribution is 2.24. The number of nitrogens with zero attached hydrogens (tertiary/aromatic N) is 4. The van der Waals surface area contributed by atoms with Crippen LogP contribution in [0.4, 0.5) is 17.2 Å². The third-order valence-electron chi connectivity index (χ3n) is 5.09. The molecule has 2 aromatic carbocycles. The molecule has 8 nitrogen and oxygen atoms in total. The van der Waals surface area contributed by atoms with Gasteiger partial charge in [-0.1, -0.05) is 24.3 Å². The standard InChI is InChI=1S/C22H21N5O3/c28-22(18-9-2-3-10-20(18)27(29)30)23-17-8-6-7-16(15-17)19-11-12-21(25-24-19)26-13-4-1-5-14-26/h2-3,6-12,15H,1,4-5,13-14H2,(H,23,28). The molecule has 1 fully saturated rings. The quantitative estimate of drug-likeness (QED) is 0.504. The van der Waals surface area contributed by atoms with Crippen molar-refractivity contribution in [3.8, 4) is 11.3 Å². The first kappa shape index (κ1) is 19.5. The monoisotopic (exact) mass is 403 g/mol. The van der Waals surface area contributed by atoms with Crippen molar-refractivity contribution in [3.05, 3.63) is 76.3 Å². The number of piperidine rings is 1. The number of hydrogen-bond donors (Lipinski definition) is 1. The van der Waals surface area contributed by atoms with Gasteiger partial charge in [-0.05, 0) is 49.6 Å². The summed E-state index contributed by atoms with van der Waals surface area (Å²) in [4.78, 5) is 25.4. The molecule has 1 aliphatic rings. The number of para-hydroxylation sites is 1. The van der Waals surface area contributed by atoms with E-state index < -0.39 is 10.8 Å². The highest BCUT2D eigenvalue weighted by Gasteiger charge is 2.19. The van der Waals surface area contributed by atoms with Gasteiger partial charge in [0.25, 0.3) is 11.6 Å². The summed E-state index contributed by atoms with van der Waals surface area (Å²) in [7, 11) is 0. The van der Waals surface area contributed by atoms with Crippen LogP contribution in [-0.2, 0) is 0 Å². The summed E-state index contributed by atoms with van der Waals surface area (Å²) in [6.07, 6.45) is 3.60. The Kier molecular flexibility index (Phi) is 5.65. The Labute approximate surface area is 173 Å². The maximum atomic E-state index is 12.6. The van der Waals surface area contributed by atoms with Gasteiger partial charge < -0.3 is 10.2 Å². The van der Waals surface area contributed by atoms with E-state index in [0.29, 0.717) is 11.4 Å². The number of benzene rings is 2. The van der Waals surface area contributed by atoms with Crippen LogP contribution in [0.3, 0.4) is 0 Å². The first-order chi connectivity index (χ1) is 14.6. The molecule has 8 heteroatoms. The zero-order chi connectivity index (χ0) is 20.9. The molecule has 0 unspecified atom stereocenters. The lowest BCUT2D eigenvalue weighted by Crippen LogP contribution is -2.30. The Balaban J connectivity index is 1.52. The van der Waals surface area contributed by atoms with Crippen LogP contribution in [0.5, 0.6) is 0 Å². The molecule has 0 radical (unpaired) electrons. The fourth-order valence-electron chi connectivity index (χ4n) is 3.55. The lowest BCUT2D eigenvalue weighted by Gasteiger charge is -2.27. The van der Waals surface area contributed by atoms with Gasteiger partial charge in [-0.15, -0.1) is 10.2 Å². The highest BCUT2D eigenvalue weighted by atomic mass is 16.6. The summed E-state index contributed by atoms with van der Waals surface area (Å²) in [6, 6.07) is 16.9. The van der Waals surface area contributed by atoms with E-state index in [1.165, 1.54) is 37.5 Å². The van der Waals surface area contributed by atoms with E-state index in [1.807, 2.05) is 18.2 Å². The average Bonchev–Trinajstić information content (AvgIpc) is 2.80. The molecular weight excluding hydrogens is 382 g/mol. The molecule has 0 saturated carbocycles. The molecular formula is C22H21N5O3. The Morgan fingerprint density at radius 1 is 0.967 bits per heavy atom. The second kappa shape index (κ2) is 8.69. The van der Waals surface area contributed by atoms with Crippen molar-refractivity contribution >= 4 is 23.1 Å². The molecule has 0 bridgehead atoms. The number of rotatable bonds is 5. The number of nitro groups is 1. The fraction of sp³-hybridized carbons (Fsp3) is 0.227. The van der Waals surface area contributed by atoms with E-state index in [1.54, 1.807) is 24.3 Å². The van der Waals surface area contributed by atoms with Crippen molar-refractivity contribution < 1.29 is 9.72 Å². The van der Waals surface area contributed by atoms with Crippen molar-refractivity contribution in [3.63, 3.8) is 0 Å². The first-order valence-electron chi connectivity index (χ1n) is 9.86. The summed E-state index contributed by atoms with van der Waals surface area (Å²) >= 11 is 0. The van der Waals surface area contributed by atoms with Crippen LogP contribution in [0.25, 0.3) is 11.3 Å². The molecule has 1 amide bonds. The van der Waals surface area contributed by atoms with Gasteiger partial charge in [-0.25, -0.2) is 0 Å². The molecule has 1 aliphatic heterocycles. The van der Waals surface area contributed by atoms with Gasteiger partial charge in [0.15, 0.2) is 5.82 Å². The summed E-state index contributed by atoms with van der Waals surface area (Å²) in [5.41, 5.74) is 1.80. The minimum absolute atomic E-state index is 0.0126. The number of nitro benzene ring substituents is 1. The van der Waals surface area contributed by atoms with Gasteiger partial charge in [0.05, 0.1) is 10.6 Å². The number of aromatic nitrogens is 2. The number of carbonyl (C=O) groups is 1. The van der Waals surface area contributed by atoms with Crippen LogP contribution in [0.1, 0.15) is 29.6 Å². The topological polar surface area (TPSA) is 101 Å². The van der Waals surface area contributed by atoms with Crippen molar-refractivity contribution in [1.82, 2.24) is 10.2 Å². The Morgan fingerprint density at radius 2 is 1.77 bits per heavy atom. The fourth-order valence-corrected chi connectivity index (χ4v) is 3.55.